The van der Waals surface area contributed by atoms with E-state index in [1.165, 1.54) is 0 Å². The lowest BCUT2D eigenvalue weighted by atomic mass is 9.68. The van der Waals surface area contributed by atoms with E-state index in [0.29, 0.717) is 13.2 Å². The lowest BCUT2D eigenvalue weighted by Gasteiger charge is -2.38. The van der Waals surface area contributed by atoms with Crippen LogP contribution in [0, 0.1) is 5.41 Å². The predicted molar refractivity (Wildman–Crippen MR) is 76.1 cm³/mol. The maximum absolute atomic E-state index is 10.9. The van der Waals surface area contributed by atoms with Gasteiger partial charge < -0.3 is 20.3 Å². The molecule has 4 heteroatoms. The first kappa shape index (κ1) is 14.0. The molecule has 4 nitrogen and oxygen atoms in total. The lowest BCUT2D eigenvalue weighted by molar-refractivity contribution is -0.0264. The van der Waals surface area contributed by atoms with Gasteiger partial charge in [0.25, 0.3) is 0 Å². The summed E-state index contributed by atoms with van der Waals surface area (Å²) >= 11 is 0. The molecule has 2 fully saturated rings. The largest absolute Gasteiger partial charge is 0.388 e. The Morgan fingerprint density at radius 1 is 1.50 bits per heavy atom. The third-order valence-electron chi connectivity index (χ3n) is 4.86. The predicted octanol–water partition coefficient (Wildman–Crippen LogP) is 1.76. The number of rotatable bonds is 5. The molecular formula is C16H23NO3. The van der Waals surface area contributed by atoms with Gasteiger partial charge in [0.15, 0.2) is 0 Å². The Labute approximate surface area is 119 Å². The molecule has 2 aliphatic rings. The molecule has 3 rings (SSSR count). The van der Waals surface area contributed by atoms with E-state index in [1.54, 1.807) is 7.11 Å². The van der Waals surface area contributed by atoms with Gasteiger partial charge >= 0.3 is 0 Å². The van der Waals surface area contributed by atoms with E-state index in [2.05, 4.69) is 0 Å². The van der Waals surface area contributed by atoms with E-state index in [-0.39, 0.29) is 17.6 Å². The topological polar surface area (TPSA) is 64.7 Å². The highest BCUT2D eigenvalue weighted by Crippen LogP contribution is 2.53. The highest BCUT2D eigenvalue weighted by atomic mass is 16.5. The second-order valence-electron chi connectivity index (χ2n) is 6.05. The molecule has 2 saturated heterocycles. The number of hydrogen-bond donors (Lipinski definition) is 2. The quantitative estimate of drug-likeness (QED) is 0.861. The van der Waals surface area contributed by atoms with Crippen LogP contribution >= 0.6 is 0 Å². The molecular weight excluding hydrogens is 254 g/mol. The number of benzene rings is 1. The normalized spacial score (nSPS) is 33.5. The van der Waals surface area contributed by atoms with Crippen LogP contribution < -0.4 is 5.73 Å². The zero-order valence-corrected chi connectivity index (χ0v) is 11.9. The molecule has 0 aromatic heterocycles. The minimum Gasteiger partial charge on any atom is -0.388 e. The zero-order chi connectivity index (χ0) is 14.2. The average Bonchev–Trinajstić information content (AvgIpc) is 3.08. The van der Waals surface area contributed by atoms with Gasteiger partial charge in [-0.25, -0.2) is 0 Å². The summed E-state index contributed by atoms with van der Waals surface area (Å²) in [5.74, 6) is 0. The number of nitrogens with two attached hydrogens (primary N) is 1. The number of ether oxygens (including phenoxy) is 2. The van der Waals surface area contributed by atoms with Crippen molar-refractivity contribution in [3.8, 4) is 0 Å². The van der Waals surface area contributed by atoms with Crippen molar-refractivity contribution in [2.45, 2.75) is 44.2 Å². The first-order valence-electron chi connectivity index (χ1n) is 7.31. The van der Waals surface area contributed by atoms with Crippen molar-refractivity contribution in [2.24, 2.45) is 11.1 Å². The highest BCUT2D eigenvalue weighted by Gasteiger charge is 2.55. The lowest BCUT2D eigenvalue weighted by Crippen LogP contribution is -2.44. The number of hydrogen-bond acceptors (Lipinski definition) is 4. The molecule has 1 aromatic rings. The molecule has 0 spiro atoms. The van der Waals surface area contributed by atoms with Crippen LogP contribution in [-0.4, -0.2) is 31.0 Å². The molecule has 3 N–H and O–H groups in total. The fourth-order valence-electron chi connectivity index (χ4n) is 3.80. The van der Waals surface area contributed by atoms with E-state index in [1.807, 2.05) is 24.3 Å². The molecule has 1 aromatic carbocycles. The van der Waals surface area contributed by atoms with Gasteiger partial charge in [-0.15, -0.1) is 0 Å². The van der Waals surface area contributed by atoms with Crippen LogP contribution in [0.2, 0.25) is 0 Å². The Bertz CT molecular complexity index is 479. The number of fused-ring (bicyclic) bond motifs is 2. The Hall–Kier alpha value is -0.940. The SMILES string of the molecule is COCc1cccc(C(O)C2(CN)CC3CCC2O3)c1. The number of aliphatic hydroxyl groups excluding tert-OH is 1. The fourth-order valence-corrected chi connectivity index (χ4v) is 3.80. The van der Waals surface area contributed by atoms with Crippen LogP contribution in [0.5, 0.6) is 0 Å². The average molecular weight is 277 g/mol. The molecule has 2 bridgehead atoms. The van der Waals surface area contributed by atoms with Gasteiger partial charge in [-0.2, -0.15) is 0 Å². The monoisotopic (exact) mass is 277 g/mol. The third kappa shape index (κ3) is 2.17. The molecule has 0 amide bonds. The second-order valence-corrected chi connectivity index (χ2v) is 6.05. The van der Waals surface area contributed by atoms with Crippen molar-refractivity contribution in [3.63, 3.8) is 0 Å². The van der Waals surface area contributed by atoms with Crippen LogP contribution in [-0.2, 0) is 16.1 Å². The second kappa shape index (κ2) is 5.45. The van der Waals surface area contributed by atoms with Crippen LogP contribution in [0.1, 0.15) is 36.5 Å². The molecule has 4 atom stereocenters. The summed E-state index contributed by atoms with van der Waals surface area (Å²) in [6, 6.07) is 7.95. The molecule has 2 aliphatic heterocycles. The molecule has 0 saturated carbocycles. The molecule has 2 heterocycles. The Kier molecular flexibility index (Phi) is 3.82. The minimum absolute atomic E-state index is 0.0959. The zero-order valence-electron chi connectivity index (χ0n) is 11.9. The Morgan fingerprint density at radius 2 is 2.35 bits per heavy atom. The summed E-state index contributed by atoms with van der Waals surface area (Å²) in [4.78, 5) is 0. The first-order valence-corrected chi connectivity index (χ1v) is 7.31. The smallest absolute Gasteiger partial charge is 0.0884 e. The van der Waals surface area contributed by atoms with Crippen LogP contribution in [0.4, 0.5) is 0 Å². The van der Waals surface area contributed by atoms with Crippen molar-refractivity contribution in [1.29, 1.82) is 0 Å². The fraction of sp³-hybridized carbons (Fsp3) is 0.625. The first-order chi connectivity index (χ1) is 9.69. The number of aliphatic hydroxyl groups is 1. The van der Waals surface area contributed by atoms with Crippen molar-refractivity contribution >= 4 is 0 Å². The van der Waals surface area contributed by atoms with Crippen LogP contribution in [0.25, 0.3) is 0 Å². The summed E-state index contributed by atoms with van der Waals surface area (Å²) in [6.45, 7) is 1.02. The summed E-state index contributed by atoms with van der Waals surface area (Å²) < 4.78 is 11.1. The van der Waals surface area contributed by atoms with Crippen LogP contribution in [0.15, 0.2) is 24.3 Å². The standard InChI is InChI=1S/C16H23NO3/c1-19-9-11-3-2-4-12(7-11)15(18)16(10-17)8-13-5-6-14(16)20-13/h2-4,7,13-15,18H,5-6,8-10,17H2,1H3. The maximum atomic E-state index is 10.9. The summed E-state index contributed by atoms with van der Waals surface area (Å²) in [5.41, 5.74) is 7.69. The van der Waals surface area contributed by atoms with E-state index in [0.717, 1.165) is 30.4 Å². The van der Waals surface area contributed by atoms with E-state index in [4.69, 9.17) is 15.2 Å². The third-order valence-corrected chi connectivity index (χ3v) is 4.86. The van der Waals surface area contributed by atoms with E-state index >= 15 is 0 Å². The van der Waals surface area contributed by atoms with Crippen molar-refractivity contribution in [3.05, 3.63) is 35.4 Å². The molecule has 4 unspecified atom stereocenters. The summed E-state index contributed by atoms with van der Waals surface area (Å²) in [5, 5.41) is 10.9. The summed E-state index contributed by atoms with van der Waals surface area (Å²) in [7, 11) is 1.67. The van der Waals surface area contributed by atoms with E-state index < -0.39 is 6.10 Å². The molecule has 110 valence electrons. The molecule has 20 heavy (non-hydrogen) atoms. The molecule has 0 radical (unpaired) electrons. The van der Waals surface area contributed by atoms with Gasteiger partial charge in [-0.05, 0) is 30.4 Å². The van der Waals surface area contributed by atoms with Gasteiger partial charge in [0.2, 0.25) is 0 Å². The van der Waals surface area contributed by atoms with Gasteiger partial charge in [-0.1, -0.05) is 24.3 Å². The van der Waals surface area contributed by atoms with Crippen molar-refractivity contribution < 1.29 is 14.6 Å². The number of methoxy groups -OCH3 is 1. The Balaban J connectivity index is 1.87. The van der Waals surface area contributed by atoms with Gasteiger partial charge in [0.05, 0.1) is 24.9 Å². The van der Waals surface area contributed by atoms with Gasteiger partial charge in [-0.3, -0.25) is 0 Å². The van der Waals surface area contributed by atoms with Crippen LogP contribution in [0.3, 0.4) is 0 Å². The minimum atomic E-state index is -0.570. The van der Waals surface area contributed by atoms with Gasteiger partial charge in [0, 0.05) is 19.1 Å². The Morgan fingerprint density at radius 3 is 2.95 bits per heavy atom. The maximum Gasteiger partial charge on any atom is 0.0884 e. The van der Waals surface area contributed by atoms with E-state index in [9.17, 15) is 5.11 Å². The summed E-state index contributed by atoms with van der Waals surface area (Å²) in [6.07, 6.45) is 2.78. The van der Waals surface area contributed by atoms with Gasteiger partial charge in [0.1, 0.15) is 0 Å². The van der Waals surface area contributed by atoms with Crippen molar-refractivity contribution in [1.82, 2.24) is 0 Å². The highest BCUT2D eigenvalue weighted by molar-refractivity contribution is 5.27. The molecule has 0 aliphatic carbocycles. The van der Waals surface area contributed by atoms with Crippen molar-refractivity contribution in [2.75, 3.05) is 13.7 Å².